The summed E-state index contributed by atoms with van der Waals surface area (Å²) < 4.78 is 5.47. The zero-order valence-corrected chi connectivity index (χ0v) is 12.3. The molecule has 0 atom stereocenters. The summed E-state index contributed by atoms with van der Waals surface area (Å²) in [6.45, 7) is 6.23. The van der Waals surface area contributed by atoms with Crippen molar-refractivity contribution in [1.82, 2.24) is 4.90 Å². The zero-order chi connectivity index (χ0) is 14.8. The lowest BCUT2D eigenvalue weighted by Crippen LogP contribution is -2.37. The lowest BCUT2D eigenvalue weighted by Gasteiger charge is -2.27. The molecule has 0 spiro atoms. The molecule has 106 valence electrons. The molecule has 1 amide bonds. The van der Waals surface area contributed by atoms with E-state index < -0.39 is 5.60 Å². The summed E-state index contributed by atoms with van der Waals surface area (Å²) in [7, 11) is 0. The Bertz CT molecular complexity index is 515. The smallest absolute Gasteiger partial charge is 0.410 e. The summed E-state index contributed by atoms with van der Waals surface area (Å²) in [5.41, 5.74) is 1.46. The van der Waals surface area contributed by atoms with E-state index in [2.05, 4.69) is 5.92 Å². The van der Waals surface area contributed by atoms with E-state index >= 15 is 0 Å². The van der Waals surface area contributed by atoms with Gasteiger partial charge < -0.3 is 9.64 Å². The standard InChI is InChI=1S/C17H21NO2/c1-5-13-6-8-14(9-7-13)12-18(15-10-11-15)16(19)20-17(2,3)4/h1,6-9,15H,10-12H2,2-4H3. The van der Waals surface area contributed by atoms with Crippen LogP contribution in [0.15, 0.2) is 24.3 Å². The maximum absolute atomic E-state index is 12.2. The molecule has 2 rings (SSSR count). The lowest BCUT2D eigenvalue weighted by molar-refractivity contribution is 0.0216. The number of rotatable bonds is 3. The van der Waals surface area contributed by atoms with E-state index in [-0.39, 0.29) is 6.09 Å². The lowest BCUT2D eigenvalue weighted by atomic mass is 10.1. The van der Waals surface area contributed by atoms with Crippen LogP contribution in [0.2, 0.25) is 0 Å². The molecule has 0 bridgehead atoms. The highest BCUT2D eigenvalue weighted by Crippen LogP contribution is 2.29. The predicted octanol–water partition coefficient (Wildman–Crippen LogP) is 3.57. The minimum absolute atomic E-state index is 0.235. The normalized spacial score (nSPS) is 14.5. The average molecular weight is 271 g/mol. The molecule has 1 aliphatic rings. The van der Waals surface area contributed by atoms with Crippen molar-refractivity contribution < 1.29 is 9.53 Å². The van der Waals surface area contributed by atoms with Crippen LogP contribution in [0, 0.1) is 12.3 Å². The van der Waals surface area contributed by atoms with E-state index in [0.717, 1.165) is 24.0 Å². The van der Waals surface area contributed by atoms with Gasteiger partial charge in [-0.15, -0.1) is 6.42 Å². The van der Waals surface area contributed by atoms with Gasteiger partial charge in [0.25, 0.3) is 0 Å². The SMILES string of the molecule is C#Cc1ccc(CN(C(=O)OC(C)(C)C)C2CC2)cc1. The van der Waals surface area contributed by atoms with Gasteiger partial charge in [0.05, 0.1) is 0 Å². The molecule has 20 heavy (non-hydrogen) atoms. The van der Waals surface area contributed by atoms with Crippen LogP contribution in [0.3, 0.4) is 0 Å². The van der Waals surface area contributed by atoms with Crippen molar-refractivity contribution in [3.8, 4) is 12.3 Å². The van der Waals surface area contributed by atoms with Gasteiger partial charge in [-0.1, -0.05) is 18.1 Å². The topological polar surface area (TPSA) is 29.5 Å². The molecular formula is C17H21NO2. The summed E-state index contributed by atoms with van der Waals surface area (Å²) >= 11 is 0. The second-order valence-corrected chi connectivity index (χ2v) is 6.18. The molecular weight excluding hydrogens is 250 g/mol. The summed E-state index contributed by atoms with van der Waals surface area (Å²) in [5, 5.41) is 0. The fraction of sp³-hybridized carbons (Fsp3) is 0.471. The van der Waals surface area contributed by atoms with Gasteiger partial charge in [-0.2, -0.15) is 0 Å². The summed E-state index contributed by atoms with van der Waals surface area (Å²) in [5.74, 6) is 2.59. The van der Waals surface area contributed by atoms with Crippen LogP contribution in [0.25, 0.3) is 0 Å². The van der Waals surface area contributed by atoms with Gasteiger partial charge in [-0.25, -0.2) is 4.79 Å². The van der Waals surface area contributed by atoms with Crippen molar-refractivity contribution >= 4 is 6.09 Å². The molecule has 0 radical (unpaired) electrons. The minimum Gasteiger partial charge on any atom is -0.444 e. The van der Waals surface area contributed by atoms with Crippen LogP contribution in [-0.2, 0) is 11.3 Å². The molecule has 0 unspecified atom stereocenters. The highest BCUT2D eigenvalue weighted by atomic mass is 16.6. The Morgan fingerprint density at radius 3 is 2.40 bits per heavy atom. The fourth-order valence-electron chi connectivity index (χ4n) is 1.95. The predicted molar refractivity (Wildman–Crippen MR) is 79.2 cm³/mol. The number of hydrogen-bond donors (Lipinski definition) is 0. The Morgan fingerprint density at radius 2 is 1.95 bits per heavy atom. The van der Waals surface area contributed by atoms with E-state index in [1.807, 2.05) is 49.9 Å². The van der Waals surface area contributed by atoms with Crippen LogP contribution in [-0.4, -0.2) is 22.6 Å². The van der Waals surface area contributed by atoms with E-state index in [4.69, 9.17) is 11.2 Å². The first kappa shape index (κ1) is 14.5. The first-order valence-electron chi connectivity index (χ1n) is 6.94. The first-order valence-corrected chi connectivity index (χ1v) is 6.94. The third-order valence-electron chi connectivity index (χ3n) is 3.09. The maximum atomic E-state index is 12.2. The molecule has 0 aliphatic heterocycles. The van der Waals surface area contributed by atoms with Crippen LogP contribution in [0.1, 0.15) is 44.7 Å². The Balaban J connectivity index is 2.05. The van der Waals surface area contributed by atoms with Gasteiger partial charge in [0.2, 0.25) is 0 Å². The van der Waals surface area contributed by atoms with Gasteiger partial charge in [0.15, 0.2) is 0 Å². The van der Waals surface area contributed by atoms with E-state index in [0.29, 0.717) is 12.6 Å². The molecule has 1 fully saturated rings. The summed E-state index contributed by atoms with van der Waals surface area (Å²) in [4.78, 5) is 14.1. The number of carbonyl (C=O) groups is 1. The number of carbonyl (C=O) groups excluding carboxylic acids is 1. The quantitative estimate of drug-likeness (QED) is 0.787. The van der Waals surface area contributed by atoms with Crippen molar-refractivity contribution in [3.63, 3.8) is 0 Å². The monoisotopic (exact) mass is 271 g/mol. The van der Waals surface area contributed by atoms with Crippen molar-refractivity contribution in [2.24, 2.45) is 0 Å². The second-order valence-electron chi connectivity index (χ2n) is 6.18. The number of nitrogens with zero attached hydrogens (tertiary/aromatic N) is 1. The largest absolute Gasteiger partial charge is 0.444 e. The van der Waals surface area contributed by atoms with Gasteiger partial charge in [0.1, 0.15) is 5.60 Å². The molecule has 0 aromatic heterocycles. The van der Waals surface area contributed by atoms with Crippen molar-refractivity contribution in [2.45, 2.75) is 51.8 Å². The Hall–Kier alpha value is -1.95. The van der Waals surface area contributed by atoms with Crippen molar-refractivity contribution in [3.05, 3.63) is 35.4 Å². The third-order valence-corrected chi connectivity index (χ3v) is 3.09. The molecule has 0 saturated heterocycles. The number of terminal acetylenes is 1. The Kier molecular flexibility index (Phi) is 4.04. The zero-order valence-electron chi connectivity index (χ0n) is 12.3. The molecule has 1 aromatic carbocycles. The molecule has 1 saturated carbocycles. The van der Waals surface area contributed by atoms with Crippen LogP contribution < -0.4 is 0 Å². The van der Waals surface area contributed by atoms with Crippen LogP contribution >= 0.6 is 0 Å². The van der Waals surface area contributed by atoms with Crippen molar-refractivity contribution in [1.29, 1.82) is 0 Å². The average Bonchev–Trinajstić information content (AvgIpc) is 3.18. The van der Waals surface area contributed by atoms with E-state index in [1.54, 1.807) is 0 Å². The molecule has 0 heterocycles. The summed E-state index contributed by atoms with van der Waals surface area (Å²) in [6, 6.07) is 8.05. The molecule has 1 aliphatic carbocycles. The fourth-order valence-corrected chi connectivity index (χ4v) is 1.95. The highest BCUT2D eigenvalue weighted by Gasteiger charge is 2.35. The maximum Gasteiger partial charge on any atom is 0.410 e. The van der Waals surface area contributed by atoms with Gasteiger partial charge in [-0.3, -0.25) is 0 Å². The number of amides is 1. The molecule has 3 heteroatoms. The summed E-state index contributed by atoms with van der Waals surface area (Å²) in [6.07, 6.45) is 7.22. The Morgan fingerprint density at radius 1 is 1.35 bits per heavy atom. The molecule has 1 aromatic rings. The minimum atomic E-state index is -0.461. The van der Waals surface area contributed by atoms with E-state index in [9.17, 15) is 4.79 Å². The van der Waals surface area contributed by atoms with Crippen LogP contribution in [0.4, 0.5) is 4.79 Å². The van der Waals surface area contributed by atoms with Gasteiger partial charge in [0, 0.05) is 18.2 Å². The molecule has 3 nitrogen and oxygen atoms in total. The van der Waals surface area contributed by atoms with E-state index in [1.165, 1.54) is 0 Å². The first-order chi connectivity index (χ1) is 9.39. The van der Waals surface area contributed by atoms with Crippen LogP contribution in [0.5, 0.6) is 0 Å². The number of ether oxygens (including phenoxy) is 1. The molecule has 0 N–H and O–H groups in total. The second kappa shape index (κ2) is 5.58. The van der Waals surface area contributed by atoms with Gasteiger partial charge in [-0.05, 0) is 51.3 Å². The van der Waals surface area contributed by atoms with Crippen molar-refractivity contribution in [2.75, 3.05) is 0 Å². The van der Waals surface area contributed by atoms with Gasteiger partial charge >= 0.3 is 6.09 Å². The number of hydrogen-bond acceptors (Lipinski definition) is 2. The number of benzene rings is 1. The third kappa shape index (κ3) is 4.03. The highest BCUT2D eigenvalue weighted by molar-refractivity contribution is 5.69. The Labute approximate surface area is 120 Å².